The van der Waals surface area contributed by atoms with Crippen molar-refractivity contribution in [3.8, 4) is 0 Å². The third-order valence-electron chi connectivity index (χ3n) is 4.71. The van der Waals surface area contributed by atoms with Crippen molar-refractivity contribution in [3.63, 3.8) is 0 Å². The molecule has 3 rings (SSSR count). The SMILES string of the molecule is CCCCC12OC(=O)C3=C1C=CC2=C3.CCCCCCC(=O)NN. The van der Waals surface area contributed by atoms with Gasteiger partial charge in [-0.05, 0) is 25.3 Å². The normalized spacial score (nSPS) is 22.3. The predicted molar refractivity (Wildman–Crippen MR) is 93.7 cm³/mol. The Morgan fingerprint density at radius 1 is 1.17 bits per heavy atom. The Morgan fingerprint density at radius 3 is 2.54 bits per heavy atom. The standard InChI is InChI=1S/C12H12O2.C7H16N2O/c1-2-3-6-12-8-4-5-10(12)9(7-8)11(13)14-12;1-2-3-4-5-6-7(10)9-8/h4-5,7H,2-3,6H2,1H3;2-6,8H2,1H3,(H,9,10). The number of amides is 1. The number of carbonyl (C=O) groups is 2. The van der Waals surface area contributed by atoms with Gasteiger partial charge in [-0.3, -0.25) is 10.2 Å². The van der Waals surface area contributed by atoms with Crippen molar-refractivity contribution in [3.05, 3.63) is 34.9 Å². The van der Waals surface area contributed by atoms with Crippen LogP contribution in [-0.4, -0.2) is 17.5 Å². The second-order valence-corrected chi connectivity index (χ2v) is 6.46. The summed E-state index contributed by atoms with van der Waals surface area (Å²) in [6.45, 7) is 4.30. The van der Waals surface area contributed by atoms with Crippen molar-refractivity contribution >= 4 is 11.9 Å². The van der Waals surface area contributed by atoms with Gasteiger partial charge in [-0.25, -0.2) is 10.6 Å². The molecule has 132 valence electrons. The number of ether oxygens (including phenoxy) is 1. The molecule has 1 aliphatic heterocycles. The zero-order valence-corrected chi connectivity index (χ0v) is 14.7. The minimum Gasteiger partial charge on any atom is -0.446 e. The highest BCUT2D eigenvalue weighted by Crippen LogP contribution is 2.53. The van der Waals surface area contributed by atoms with Crippen LogP contribution in [0, 0.1) is 0 Å². The maximum Gasteiger partial charge on any atom is 0.339 e. The quantitative estimate of drug-likeness (QED) is 0.235. The molecule has 3 aliphatic rings. The smallest absolute Gasteiger partial charge is 0.339 e. The van der Waals surface area contributed by atoms with Crippen molar-refractivity contribution in [2.45, 2.75) is 70.8 Å². The molecule has 0 aromatic heterocycles. The molecule has 24 heavy (non-hydrogen) atoms. The highest BCUT2D eigenvalue weighted by atomic mass is 16.6. The third-order valence-corrected chi connectivity index (χ3v) is 4.71. The Labute approximate surface area is 144 Å². The van der Waals surface area contributed by atoms with Gasteiger partial charge in [-0.1, -0.05) is 51.7 Å². The lowest BCUT2D eigenvalue weighted by atomic mass is 9.90. The van der Waals surface area contributed by atoms with Gasteiger partial charge in [-0.15, -0.1) is 0 Å². The number of nitrogens with two attached hydrogens (primary N) is 1. The molecule has 3 N–H and O–H groups in total. The van der Waals surface area contributed by atoms with E-state index in [0.29, 0.717) is 6.42 Å². The molecule has 5 heteroatoms. The number of hydrogen-bond acceptors (Lipinski definition) is 4. The van der Waals surface area contributed by atoms with E-state index in [1.54, 1.807) is 0 Å². The summed E-state index contributed by atoms with van der Waals surface area (Å²) in [6, 6.07) is 0. The summed E-state index contributed by atoms with van der Waals surface area (Å²) in [5.74, 6) is 4.69. The first-order valence-corrected chi connectivity index (χ1v) is 8.96. The van der Waals surface area contributed by atoms with Crippen LogP contribution >= 0.6 is 0 Å². The first kappa shape index (κ1) is 18.5. The molecule has 0 saturated heterocycles. The fraction of sp³-hybridized carbons (Fsp3) is 0.579. The number of esters is 1. The van der Waals surface area contributed by atoms with Crippen molar-refractivity contribution in [2.75, 3.05) is 0 Å². The molecule has 0 fully saturated rings. The summed E-state index contributed by atoms with van der Waals surface area (Å²) >= 11 is 0. The largest absolute Gasteiger partial charge is 0.446 e. The maximum absolute atomic E-state index is 11.4. The van der Waals surface area contributed by atoms with E-state index < -0.39 is 0 Å². The van der Waals surface area contributed by atoms with E-state index in [1.165, 1.54) is 18.4 Å². The van der Waals surface area contributed by atoms with Crippen LogP contribution in [-0.2, 0) is 14.3 Å². The number of carbonyl (C=O) groups excluding carboxylic acids is 2. The lowest BCUT2D eigenvalue weighted by Gasteiger charge is -2.27. The lowest BCUT2D eigenvalue weighted by Crippen LogP contribution is -2.31. The average Bonchev–Trinajstić information content (AvgIpc) is 3.19. The molecule has 0 saturated carbocycles. The summed E-state index contributed by atoms with van der Waals surface area (Å²) < 4.78 is 5.49. The van der Waals surface area contributed by atoms with Crippen molar-refractivity contribution in [1.29, 1.82) is 0 Å². The van der Waals surface area contributed by atoms with Crippen molar-refractivity contribution < 1.29 is 14.3 Å². The van der Waals surface area contributed by atoms with Gasteiger partial charge in [0.2, 0.25) is 5.91 Å². The Kier molecular flexibility index (Phi) is 6.37. The molecule has 0 spiro atoms. The number of unbranched alkanes of at least 4 members (excludes halogenated alkanes) is 4. The Bertz CT molecular complexity index is 589. The van der Waals surface area contributed by atoms with Crippen LogP contribution in [0.15, 0.2) is 34.9 Å². The number of rotatable bonds is 8. The average molecular weight is 332 g/mol. The minimum atomic E-state index is -0.359. The van der Waals surface area contributed by atoms with Gasteiger partial charge in [0, 0.05) is 17.6 Å². The van der Waals surface area contributed by atoms with Crippen LogP contribution in [0.2, 0.25) is 0 Å². The molecule has 1 heterocycles. The van der Waals surface area contributed by atoms with Gasteiger partial charge >= 0.3 is 5.97 Å². The molecule has 2 aliphatic carbocycles. The molecular formula is C19H28N2O3. The van der Waals surface area contributed by atoms with E-state index in [-0.39, 0.29) is 17.5 Å². The van der Waals surface area contributed by atoms with Crippen molar-refractivity contribution in [2.24, 2.45) is 5.84 Å². The highest BCUT2D eigenvalue weighted by Gasteiger charge is 2.54. The second-order valence-electron chi connectivity index (χ2n) is 6.46. The van der Waals surface area contributed by atoms with Crippen molar-refractivity contribution in [1.82, 2.24) is 5.43 Å². The predicted octanol–water partition coefficient (Wildman–Crippen LogP) is 3.23. The Hall–Kier alpha value is -1.88. The third kappa shape index (κ3) is 3.61. The van der Waals surface area contributed by atoms with Crippen LogP contribution in [0.25, 0.3) is 0 Å². The van der Waals surface area contributed by atoms with Crippen LogP contribution in [0.1, 0.15) is 65.2 Å². The number of nitrogens with one attached hydrogen (secondary N) is 1. The first-order valence-electron chi connectivity index (χ1n) is 8.96. The highest BCUT2D eigenvalue weighted by molar-refractivity contribution is 6.02. The van der Waals surface area contributed by atoms with Gasteiger partial charge in [0.15, 0.2) is 5.60 Å². The molecule has 0 aromatic rings. The van der Waals surface area contributed by atoms with Gasteiger partial charge in [-0.2, -0.15) is 0 Å². The van der Waals surface area contributed by atoms with E-state index in [1.807, 2.05) is 12.2 Å². The van der Waals surface area contributed by atoms with Gasteiger partial charge < -0.3 is 4.74 Å². The fourth-order valence-electron chi connectivity index (χ4n) is 3.34. The van der Waals surface area contributed by atoms with Crippen LogP contribution in [0.4, 0.5) is 0 Å². The lowest BCUT2D eigenvalue weighted by molar-refractivity contribution is -0.145. The minimum absolute atomic E-state index is 0.0592. The molecule has 1 amide bonds. The Balaban J connectivity index is 0.000000187. The number of hydrazine groups is 1. The molecule has 1 atom stereocenters. The summed E-state index contributed by atoms with van der Waals surface area (Å²) in [5.41, 5.74) is 4.81. The molecular weight excluding hydrogens is 304 g/mol. The van der Waals surface area contributed by atoms with E-state index in [0.717, 1.165) is 43.3 Å². The fourth-order valence-corrected chi connectivity index (χ4v) is 3.34. The van der Waals surface area contributed by atoms with Gasteiger partial charge in [0.25, 0.3) is 0 Å². The van der Waals surface area contributed by atoms with Crippen LogP contribution in [0.5, 0.6) is 0 Å². The molecule has 1 unspecified atom stereocenters. The molecule has 5 nitrogen and oxygen atoms in total. The van der Waals surface area contributed by atoms with E-state index in [4.69, 9.17) is 10.6 Å². The number of hydrogen-bond donors (Lipinski definition) is 2. The summed E-state index contributed by atoms with van der Waals surface area (Å²) in [7, 11) is 0. The van der Waals surface area contributed by atoms with Crippen LogP contribution < -0.4 is 11.3 Å². The van der Waals surface area contributed by atoms with Gasteiger partial charge in [0.1, 0.15) is 0 Å². The molecule has 0 aromatic carbocycles. The monoisotopic (exact) mass is 332 g/mol. The summed E-state index contributed by atoms with van der Waals surface area (Å²) in [6.07, 6.45) is 14.3. The summed E-state index contributed by atoms with van der Waals surface area (Å²) in [4.78, 5) is 22.0. The zero-order chi connectivity index (χ0) is 17.6. The maximum atomic E-state index is 11.4. The topological polar surface area (TPSA) is 81.4 Å². The van der Waals surface area contributed by atoms with E-state index in [9.17, 15) is 9.59 Å². The molecule has 0 radical (unpaired) electrons. The molecule has 4 bridgehead atoms. The summed E-state index contributed by atoms with van der Waals surface area (Å²) in [5, 5.41) is 0. The van der Waals surface area contributed by atoms with Crippen LogP contribution in [0.3, 0.4) is 0 Å². The first-order chi connectivity index (χ1) is 11.6. The van der Waals surface area contributed by atoms with E-state index >= 15 is 0 Å². The second kappa shape index (κ2) is 8.29. The van der Waals surface area contributed by atoms with Gasteiger partial charge in [0.05, 0.1) is 5.57 Å². The zero-order valence-electron chi connectivity index (χ0n) is 14.7. The Morgan fingerprint density at radius 2 is 1.92 bits per heavy atom. The van der Waals surface area contributed by atoms with E-state index in [2.05, 4.69) is 25.3 Å².